The molecule has 1 atom stereocenters. The normalized spacial score (nSPS) is 14.5. The molecule has 0 saturated carbocycles. The van der Waals surface area contributed by atoms with Crippen molar-refractivity contribution in [2.75, 3.05) is 17.3 Å². The van der Waals surface area contributed by atoms with Crippen molar-refractivity contribution in [1.82, 2.24) is 14.9 Å². The number of carbonyl (C=O) groups excluding carboxylic acids is 1. The van der Waals surface area contributed by atoms with Gasteiger partial charge in [-0.25, -0.2) is 4.68 Å². The molecule has 128 valence electrons. The maximum absolute atomic E-state index is 12.8. The summed E-state index contributed by atoms with van der Waals surface area (Å²) in [5.41, 5.74) is 2.19. The lowest BCUT2D eigenvalue weighted by molar-refractivity contribution is -0.117. The van der Waals surface area contributed by atoms with Gasteiger partial charge in [0.05, 0.1) is 11.5 Å². The van der Waals surface area contributed by atoms with E-state index >= 15 is 0 Å². The monoisotopic (exact) mass is 355 g/mol. The average Bonchev–Trinajstić information content (AvgIpc) is 3.35. The Hall–Kier alpha value is -2.74. The van der Waals surface area contributed by atoms with Gasteiger partial charge in [0.25, 0.3) is 0 Å². The number of hydrogen-bond acceptors (Lipinski definition) is 6. The van der Waals surface area contributed by atoms with E-state index in [4.69, 9.17) is 10.3 Å². The Labute approximate surface area is 148 Å². The molecule has 2 N–H and O–H groups in total. The van der Waals surface area contributed by atoms with Crippen molar-refractivity contribution in [2.45, 2.75) is 23.8 Å². The first-order valence-electron chi connectivity index (χ1n) is 7.95. The van der Waals surface area contributed by atoms with Crippen LogP contribution in [0.15, 0.2) is 52.2 Å². The number of fused-ring (bicyclic) bond motifs is 1. The molecule has 4 rings (SSSR count). The molecule has 1 amide bonds. The van der Waals surface area contributed by atoms with Crippen molar-refractivity contribution in [3.63, 3.8) is 0 Å². The topological polar surface area (TPSA) is 90.2 Å². The number of carbonyl (C=O) groups is 1. The molecule has 0 radical (unpaired) electrons. The molecule has 2 aromatic heterocycles. The minimum absolute atomic E-state index is 0.0394. The van der Waals surface area contributed by atoms with E-state index in [-0.39, 0.29) is 11.2 Å². The number of aromatic nitrogens is 3. The van der Waals surface area contributed by atoms with Crippen LogP contribution in [-0.2, 0) is 11.2 Å². The van der Waals surface area contributed by atoms with E-state index in [9.17, 15) is 4.79 Å². The third-order valence-electron chi connectivity index (χ3n) is 4.19. The van der Waals surface area contributed by atoms with Crippen molar-refractivity contribution in [3.05, 3.63) is 48.2 Å². The number of thioether (sulfide) groups is 1. The fourth-order valence-corrected chi connectivity index (χ4v) is 3.76. The van der Waals surface area contributed by atoms with Gasteiger partial charge < -0.3 is 15.2 Å². The fraction of sp³-hybridized carbons (Fsp3) is 0.235. The summed E-state index contributed by atoms with van der Waals surface area (Å²) in [6, 6.07) is 11.5. The summed E-state index contributed by atoms with van der Waals surface area (Å²) in [6.07, 6.45) is 2.43. The summed E-state index contributed by atoms with van der Waals surface area (Å²) in [7, 11) is 0. The molecule has 8 heteroatoms. The number of anilines is 1. The van der Waals surface area contributed by atoms with E-state index in [1.54, 1.807) is 18.4 Å². The molecule has 0 spiro atoms. The van der Waals surface area contributed by atoms with Crippen molar-refractivity contribution in [2.24, 2.45) is 0 Å². The van der Waals surface area contributed by atoms with Gasteiger partial charge in [-0.3, -0.25) is 4.79 Å². The Balaban J connectivity index is 1.51. The van der Waals surface area contributed by atoms with Crippen LogP contribution in [0, 0.1) is 0 Å². The molecule has 3 heterocycles. The van der Waals surface area contributed by atoms with Gasteiger partial charge in [0.2, 0.25) is 16.9 Å². The second kappa shape index (κ2) is 6.29. The summed E-state index contributed by atoms with van der Waals surface area (Å²) in [5, 5.41) is 8.28. The standard InChI is InChI=1S/C17H17N5O2S/c1-11(16(23)21-9-8-12-5-2-3-6-13(12)21)25-17-20-19-15(22(17)18)14-7-4-10-24-14/h2-7,10-11H,8-9,18H2,1H3/t11-/m0/s1. The number of amides is 1. The predicted molar refractivity (Wildman–Crippen MR) is 95.7 cm³/mol. The first kappa shape index (κ1) is 15.8. The maximum Gasteiger partial charge on any atom is 0.240 e. The lowest BCUT2D eigenvalue weighted by Crippen LogP contribution is -2.35. The molecule has 3 aromatic rings. The highest BCUT2D eigenvalue weighted by molar-refractivity contribution is 8.00. The van der Waals surface area contributed by atoms with Crippen LogP contribution in [0.5, 0.6) is 0 Å². The zero-order valence-electron chi connectivity index (χ0n) is 13.6. The van der Waals surface area contributed by atoms with Crippen LogP contribution in [0.2, 0.25) is 0 Å². The number of nitrogen functional groups attached to an aromatic ring is 1. The minimum atomic E-state index is -0.331. The van der Waals surface area contributed by atoms with Crippen molar-refractivity contribution >= 4 is 23.4 Å². The zero-order chi connectivity index (χ0) is 17.4. The number of benzene rings is 1. The van der Waals surface area contributed by atoms with Crippen LogP contribution in [0.1, 0.15) is 12.5 Å². The first-order valence-corrected chi connectivity index (χ1v) is 8.83. The molecule has 0 bridgehead atoms. The van der Waals surface area contributed by atoms with Crippen LogP contribution in [-0.4, -0.2) is 32.6 Å². The van der Waals surface area contributed by atoms with E-state index in [1.807, 2.05) is 30.0 Å². The van der Waals surface area contributed by atoms with Gasteiger partial charge in [-0.05, 0) is 37.1 Å². The van der Waals surface area contributed by atoms with Crippen molar-refractivity contribution in [1.29, 1.82) is 0 Å². The maximum atomic E-state index is 12.8. The molecule has 0 unspecified atom stereocenters. The van der Waals surface area contributed by atoms with Crippen LogP contribution >= 0.6 is 11.8 Å². The highest BCUT2D eigenvalue weighted by atomic mass is 32.2. The first-order chi connectivity index (χ1) is 12.1. The smallest absolute Gasteiger partial charge is 0.240 e. The van der Waals surface area contributed by atoms with Gasteiger partial charge in [-0.15, -0.1) is 10.2 Å². The molecule has 1 aliphatic heterocycles. The number of nitrogens with two attached hydrogens (primary N) is 1. The molecule has 1 aromatic carbocycles. The number of nitrogens with zero attached hydrogens (tertiary/aromatic N) is 4. The summed E-state index contributed by atoms with van der Waals surface area (Å²) in [5.74, 6) is 7.06. The molecular weight excluding hydrogens is 338 g/mol. The summed E-state index contributed by atoms with van der Waals surface area (Å²) in [6.45, 7) is 2.56. The van der Waals surface area contributed by atoms with Gasteiger partial charge in [-0.2, -0.15) is 0 Å². The fourth-order valence-electron chi connectivity index (χ4n) is 2.93. The molecule has 0 saturated heterocycles. The van der Waals surface area contributed by atoms with Gasteiger partial charge in [0, 0.05) is 12.2 Å². The molecule has 0 fully saturated rings. The van der Waals surface area contributed by atoms with Gasteiger partial charge in [0.1, 0.15) is 0 Å². The van der Waals surface area contributed by atoms with Crippen molar-refractivity contribution < 1.29 is 9.21 Å². The SMILES string of the molecule is C[C@H](Sc1nnc(-c2ccco2)n1N)C(=O)N1CCc2ccccc21. The summed E-state index contributed by atoms with van der Waals surface area (Å²) in [4.78, 5) is 14.7. The second-order valence-electron chi connectivity index (χ2n) is 5.78. The average molecular weight is 355 g/mol. The molecule has 0 aliphatic carbocycles. The molecule has 1 aliphatic rings. The number of rotatable bonds is 4. The Kier molecular flexibility index (Phi) is 3.96. The number of hydrogen-bond donors (Lipinski definition) is 1. The largest absolute Gasteiger partial charge is 0.461 e. The van der Waals surface area contributed by atoms with Crippen LogP contribution in [0.3, 0.4) is 0 Å². The highest BCUT2D eigenvalue weighted by Gasteiger charge is 2.29. The van der Waals surface area contributed by atoms with E-state index < -0.39 is 0 Å². The second-order valence-corrected chi connectivity index (χ2v) is 7.09. The predicted octanol–water partition coefficient (Wildman–Crippen LogP) is 2.32. The Bertz CT molecular complexity index is 906. The van der Waals surface area contributed by atoms with Crippen LogP contribution in [0.4, 0.5) is 5.69 Å². The number of para-hydroxylation sites is 1. The Morgan fingerprint density at radius 3 is 2.92 bits per heavy atom. The Morgan fingerprint density at radius 1 is 1.28 bits per heavy atom. The molecular formula is C17H17N5O2S. The van der Waals surface area contributed by atoms with Gasteiger partial charge >= 0.3 is 0 Å². The summed E-state index contributed by atoms with van der Waals surface area (Å²) < 4.78 is 6.65. The lowest BCUT2D eigenvalue weighted by Gasteiger charge is -2.21. The number of furan rings is 1. The third kappa shape index (κ3) is 2.78. The van der Waals surface area contributed by atoms with E-state index in [0.717, 1.165) is 12.1 Å². The summed E-state index contributed by atoms with van der Waals surface area (Å²) >= 11 is 1.29. The lowest BCUT2D eigenvalue weighted by atomic mass is 10.2. The minimum Gasteiger partial charge on any atom is -0.461 e. The van der Waals surface area contributed by atoms with Gasteiger partial charge in [0.15, 0.2) is 5.76 Å². The Morgan fingerprint density at radius 2 is 2.12 bits per heavy atom. The van der Waals surface area contributed by atoms with Gasteiger partial charge in [-0.1, -0.05) is 30.0 Å². The van der Waals surface area contributed by atoms with Crippen LogP contribution in [0.25, 0.3) is 11.6 Å². The van der Waals surface area contributed by atoms with E-state index in [1.165, 1.54) is 22.0 Å². The van der Waals surface area contributed by atoms with Crippen LogP contribution < -0.4 is 10.7 Å². The molecule has 7 nitrogen and oxygen atoms in total. The quantitative estimate of drug-likeness (QED) is 0.571. The van der Waals surface area contributed by atoms with Crippen molar-refractivity contribution in [3.8, 4) is 11.6 Å². The molecule has 25 heavy (non-hydrogen) atoms. The van der Waals surface area contributed by atoms with E-state index in [0.29, 0.717) is 23.3 Å². The van der Waals surface area contributed by atoms with E-state index in [2.05, 4.69) is 16.3 Å². The highest BCUT2D eigenvalue weighted by Crippen LogP contribution is 2.31. The third-order valence-corrected chi connectivity index (χ3v) is 5.23. The zero-order valence-corrected chi connectivity index (χ0v) is 14.4.